The zero-order valence-electron chi connectivity index (χ0n) is 7.57. The van der Waals surface area contributed by atoms with Crippen molar-refractivity contribution in [2.24, 2.45) is 0 Å². The van der Waals surface area contributed by atoms with Crippen molar-refractivity contribution in [3.63, 3.8) is 0 Å². The van der Waals surface area contributed by atoms with Crippen molar-refractivity contribution in [1.82, 2.24) is 9.55 Å². The summed E-state index contributed by atoms with van der Waals surface area (Å²) in [6, 6.07) is 8.27. The molecule has 0 amide bonds. The third-order valence-corrected chi connectivity index (χ3v) is 3.17. The van der Waals surface area contributed by atoms with E-state index in [0.717, 1.165) is 24.3 Å². The molecule has 0 spiro atoms. The lowest BCUT2D eigenvalue weighted by Crippen LogP contribution is -2.04. The summed E-state index contributed by atoms with van der Waals surface area (Å²) in [5, 5.41) is 0. The summed E-state index contributed by atoms with van der Waals surface area (Å²) < 4.78 is 3.50. The monoisotopic (exact) mass is 248 g/mol. The van der Waals surface area contributed by atoms with Crippen LogP contribution in [0.3, 0.4) is 0 Å². The van der Waals surface area contributed by atoms with Crippen LogP contribution >= 0.6 is 15.9 Å². The van der Waals surface area contributed by atoms with Crippen molar-refractivity contribution >= 4 is 33.0 Å². The van der Waals surface area contributed by atoms with Gasteiger partial charge in [-0.05, 0) is 24.6 Å². The highest BCUT2D eigenvalue weighted by Crippen LogP contribution is 2.26. The van der Waals surface area contributed by atoms with Gasteiger partial charge in [0, 0.05) is 11.0 Å². The van der Waals surface area contributed by atoms with Crippen LogP contribution in [0.4, 0.5) is 0 Å². The first-order valence-electron chi connectivity index (χ1n) is 4.66. The largest absolute Gasteiger partial charge is 0.324 e. The Morgan fingerprint density at radius 2 is 2.14 bits per heavy atom. The van der Waals surface area contributed by atoms with Gasteiger partial charge < -0.3 is 4.57 Å². The number of hydrogen-bond donors (Lipinski definition) is 0. The van der Waals surface area contributed by atoms with Crippen LogP contribution in [0.5, 0.6) is 0 Å². The number of imidazole rings is 1. The molecular weight excluding hydrogens is 240 g/mol. The first-order chi connectivity index (χ1) is 6.84. The summed E-state index contributed by atoms with van der Waals surface area (Å²) >= 11 is 3.52. The van der Waals surface area contributed by atoms with Gasteiger partial charge in [0.25, 0.3) is 0 Å². The first-order valence-corrected chi connectivity index (χ1v) is 5.45. The number of fused-ring (bicyclic) bond motifs is 3. The molecule has 0 saturated heterocycles. The summed E-state index contributed by atoms with van der Waals surface area (Å²) in [6.07, 6.45) is 3.16. The number of rotatable bonds is 0. The normalized spacial score (nSPS) is 15.4. The fraction of sp³-hybridized carbons (Fsp3) is 0.182. The van der Waals surface area contributed by atoms with Crippen LogP contribution in [-0.2, 0) is 6.54 Å². The molecule has 70 valence electrons. The Morgan fingerprint density at radius 1 is 1.29 bits per heavy atom. The Balaban J connectivity index is 2.35. The molecule has 2 aromatic rings. The second-order valence-electron chi connectivity index (χ2n) is 3.45. The highest BCUT2D eigenvalue weighted by molar-refractivity contribution is 9.11. The topological polar surface area (TPSA) is 17.8 Å². The van der Waals surface area contributed by atoms with E-state index in [-0.39, 0.29) is 0 Å². The van der Waals surface area contributed by atoms with E-state index in [2.05, 4.69) is 49.8 Å². The van der Waals surface area contributed by atoms with E-state index in [1.54, 1.807) is 0 Å². The lowest BCUT2D eigenvalue weighted by Gasteiger charge is -2.11. The van der Waals surface area contributed by atoms with Crippen LogP contribution in [0, 0.1) is 0 Å². The molecule has 2 nitrogen and oxygen atoms in total. The van der Waals surface area contributed by atoms with Gasteiger partial charge in [0.1, 0.15) is 5.82 Å². The fourth-order valence-corrected chi connectivity index (χ4v) is 2.25. The lowest BCUT2D eigenvalue weighted by molar-refractivity contribution is 0.706. The summed E-state index contributed by atoms with van der Waals surface area (Å²) in [6.45, 7) is 1.02. The highest BCUT2D eigenvalue weighted by atomic mass is 79.9. The van der Waals surface area contributed by atoms with E-state index in [1.165, 1.54) is 10.00 Å². The van der Waals surface area contributed by atoms with E-state index in [4.69, 9.17) is 0 Å². The molecule has 0 fully saturated rings. The Kier molecular flexibility index (Phi) is 1.74. The molecule has 0 bridgehead atoms. The van der Waals surface area contributed by atoms with E-state index in [1.807, 2.05) is 6.07 Å². The molecule has 0 saturated carbocycles. The van der Waals surface area contributed by atoms with Crippen LogP contribution in [0.15, 0.2) is 28.7 Å². The second-order valence-corrected chi connectivity index (χ2v) is 4.47. The predicted octanol–water partition coefficient (Wildman–Crippen LogP) is 3.18. The molecule has 1 aromatic heterocycles. The van der Waals surface area contributed by atoms with Crippen molar-refractivity contribution in [2.45, 2.75) is 13.0 Å². The molecule has 14 heavy (non-hydrogen) atoms. The van der Waals surface area contributed by atoms with Crippen molar-refractivity contribution in [3.05, 3.63) is 34.6 Å². The van der Waals surface area contributed by atoms with Crippen molar-refractivity contribution < 1.29 is 0 Å². The number of halogens is 1. The summed E-state index contributed by atoms with van der Waals surface area (Å²) in [7, 11) is 0. The van der Waals surface area contributed by atoms with Gasteiger partial charge in [-0.25, -0.2) is 4.98 Å². The zero-order valence-corrected chi connectivity index (χ0v) is 9.16. The molecule has 1 aromatic carbocycles. The van der Waals surface area contributed by atoms with E-state index < -0.39 is 0 Å². The van der Waals surface area contributed by atoms with Gasteiger partial charge in [-0.15, -0.1) is 0 Å². The third kappa shape index (κ3) is 1.12. The first kappa shape index (κ1) is 8.24. The Morgan fingerprint density at radius 3 is 3.07 bits per heavy atom. The molecule has 2 heterocycles. The standard InChI is InChI=1S/C11H9BrN2/c12-8-5-6-14-10-4-2-1-3-9(10)13-11(14)7-8/h1-4,7H,5-6H2. The van der Waals surface area contributed by atoms with Crippen LogP contribution in [-0.4, -0.2) is 9.55 Å². The molecule has 0 unspecified atom stereocenters. The van der Waals surface area contributed by atoms with Crippen LogP contribution in [0.1, 0.15) is 12.2 Å². The maximum Gasteiger partial charge on any atom is 0.134 e. The molecule has 3 heteroatoms. The van der Waals surface area contributed by atoms with Gasteiger partial charge in [-0.3, -0.25) is 0 Å². The van der Waals surface area contributed by atoms with Gasteiger partial charge in [-0.1, -0.05) is 28.1 Å². The molecule has 0 aliphatic carbocycles. The van der Waals surface area contributed by atoms with E-state index in [0.29, 0.717) is 0 Å². The second kappa shape index (κ2) is 2.95. The lowest BCUT2D eigenvalue weighted by atomic mass is 10.3. The number of benzene rings is 1. The Labute approximate surface area is 90.4 Å². The minimum absolute atomic E-state index is 1.02. The summed E-state index contributed by atoms with van der Waals surface area (Å²) in [5.41, 5.74) is 2.32. The Bertz CT molecular complexity index is 525. The van der Waals surface area contributed by atoms with Gasteiger partial charge in [0.05, 0.1) is 11.0 Å². The van der Waals surface area contributed by atoms with Gasteiger partial charge >= 0.3 is 0 Å². The molecule has 0 atom stereocenters. The summed E-state index contributed by atoms with van der Waals surface area (Å²) in [5.74, 6) is 1.06. The van der Waals surface area contributed by atoms with Gasteiger partial charge in [0.15, 0.2) is 0 Å². The van der Waals surface area contributed by atoms with Crippen LogP contribution < -0.4 is 0 Å². The number of allylic oxidation sites excluding steroid dienone is 1. The van der Waals surface area contributed by atoms with Crippen LogP contribution in [0.25, 0.3) is 17.1 Å². The Hall–Kier alpha value is -1.09. The quantitative estimate of drug-likeness (QED) is 0.701. The fourth-order valence-electron chi connectivity index (χ4n) is 1.87. The minimum atomic E-state index is 1.02. The molecule has 1 aliphatic rings. The maximum absolute atomic E-state index is 4.56. The molecule has 0 N–H and O–H groups in total. The van der Waals surface area contributed by atoms with Crippen molar-refractivity contribution in [3.8, 4) is 0 Å². The van der Waals surface area contributed by atoms with Crippen molar-refractivity contribution in [1.29, 1.82) is 0 Å². The number of nitrogens with zero attached hydrogens (tertiary/aromatic N) is 2. The number of aromatic nitrogens is 2. The SMILES string of the molecule is BrC1=Cc2nc3ccccc3n2CC1. The smallest absolute Gasteiger partial charge is 0.134 e. The zero-order chi connectivity index (χ0) is 9.54. The third-order valence-electron chi connectivity index (χ3n) is 2.54. The number of para-hydroxylation sites is 2. The molecule has 0 radical (unpaired) electrons. The molecular formula is C11H9BrN2. The summed E-state index contributed by atoms with van der Waals surface area (Å²) in [4.78, 5) is 4.56. The van der Waals surface area contributed by atoms with Gasteiger partial charge in [-0.2, -0.15) is 0 Å². The average Bonchev–Trinajstić information content (AvgIpc) is 2.54. The highest BCUT2D eigenvalue weighted by Gasteiger charge is 2.12. The van der Waals surface area contributed by atoms with E-state index in [9.17, 15) is 0 Å². The van der Waals surface area contributed by atoms with Crippen LogP contribution in [0.2, 0.25) is 0 Å². The average molecular weight is 249 g/mol. The molecule has 1 aliphatic heterocycles. The van der Waals surface area contributed by atoms with Gasteiger partial charge in [0.2, 0.25) is 0 Å². The minimum Gasteiger partial charge on any atom is -0.324 e. The number of aryl methyl sites for hydroxylation is 1. The maximum atomic E-state index is 4.56. The predicted molar refractivity (Wildman–Crippen MR) is 61.3 cm³/mol. The van der Waals surface area contributed by atoms with Crippen molar-refractivity contribution in [2.75, 3.05) is 0 Å². The molecule has 3 rings (SSSR count). The van der Waals surface area contributed by atoms with E-state index >= 15 is 0 Å². The number of hydrogen-bond acceptors (Lipinski definition) is 1.